The Morgan fingerprint density at radius 3 is 1.27 bits per heavy atom. The van der Waals surface area contributed by atoms with Crippen LogP contribution in [0.25, 0.3) is 0 Å². The molecule has 0 nitrogen and oxygen atoms in total. The normalized spacial score (nSPS) is 26.1. The van der Waals surface area contributed by atoms with E-state index in [-0.39, 0.29) is 0 Å². The summed E-state index contributed by atoms with van der Waals surface area (Å²) in [5, 5.41) is 2.95. The fraction of sp³-hybridized carbons (Fsp3) is 0.286. The molecule has 0 saturated heterocycles. The monoisotopic (exact) mass is 754 g/mol. The molecular weight excluding hydrogens is 741 g/mol. The Balaban J connectivity index is 1.27. The molecule has 138 valence electrons. The molecule has 0 bridgehead atoms. The Morgan fingerprint density at radius 1 is 0.538 bits per heavy atom. The Kier molecular flexibility index (Phi) is 7.91. The minimum absolute atomic E-state index is 0.643. The Bertz CT molecular complexity index is 732. The fourth-order valence-electron chi connectivity index (χ4n) is 2.16. The first-order valence-electron chi connectivity index (χ1n) is 7.23. The van der Waals surface area contributed by atoms with Gasteiger partial charge in [-0.2, -0.15) is 0 Å². The van der Waals surface area contributed by atoms with Gasteiger partial charge in [-0.3, -0.25) is 0 Å². The van der Waals surface area contributed by atoms with Crippen LogP contribution in [0.1, 0.15) is 0 Å². The Hall–Kier alpha value is 3.58. The zero-order valence-corrected chi connectivity index (χ0v) is 26.7. The van der Waals surface area contributed by atoms with Crippen LogP contribution >= 0.6 is 94.1 Å². The fourth-order valence-corrected chi connectivity index (χ4v) is 29.2. The van der Waals surface area contributed by atoms with E-state index in [0.717, 1.165) is 29.9 Å². The van der Waals surface area contributed by atoms with Crippen molar-refractivity contribution in [2.24, 2.45) is 0 Å². The summed E-state index contributed by atoms with van der Waals surface area (Å²) in [6.07, 6.45) is 0. The number of hydrogen-bond acceptors (Lipinski definition) is 8. The van der Waals surface area contributed by atoms with Crippen molar-refractivity contribution in [1.29, 1.82) is 0 Å². The molecule has 0 atom stereocenters. The zero-order chi connectivity index (χ0) is 17.7. The molecule has 5 aliphatic rings. The van der Waals surface area contributed by atoms with Gasteiger partial charge in [0.25, 0.3) is 0 Å². The molecule has 0 spiro atoms. The van der Waals surface area contributed by atoms with Crippen LogP contribution in [0.3, 0.4) is 0 Å². The third-order valence-corrected chi connectivity index (χ3v) is 29.2. The third kappa shape index (κ3) is 4.39. The van der Waals surface area contributed by atoms with E-state index in [1.54, 1.807) is 40.6 Å². The van der Waals surface area contributed by atoms with Gasteiger partial charge >= 0.3 is 217 Å². The van der Waals surface area contributed by atoms with Gasteiger partial charge in [-0.1, -0.05) is 0 Å². The predicted molar refractivity (Wildman–Crippen MR) is 140 cm³/mol. The van der Waals surface area contributed by atoms with Crippen LogP contribution in [-0.2, 0) is 0 Å². The zero-order valence-electron chi connectivity index (χ0n) is 13.3. The molecule has 5 heterocycles. The van der Waals surface area contributed by atoms with Crippen LogP contribution < -0.4 is 0 Å². The number of hydrogen-bond donors (Lipinski definition) is 0. The van der Waals surface area contributed by atoms with Gasteiger partial charge in [0.2, 0.25) is 0 Å². The molecule has 0 unspecified atom stereocenters. The first-order chi connectivity index (χ1) is 12.7. The van der Waals surface area contributed by atoms with E-state index in [9.17, 15) is 0 Å². The summed E-state index contributed by atoms with van der Waals surface area (Å²) in [5.41, 5.74) is 0. The SMILES string of the molecule is C[Se]C1=C([Se]C)SC(=C2SC3=C(S2)SC(=C2SC4=C(S2)[Se]CC[Se]4)S3)S1. The molecule has 26 heavy (non-hydrogen) atoms. The summed E-state index contributed by atoms with van der Waals surface area (Å²) in [6, 6.07) is 0. The maximum atomic E-state index is 2.36. The topological polar surface area (TPSA) is 0 Å². The molecule has 5 rings (SSSR count). The van der Waals surface area contributed by atoms with Gasteiger partial charge in [0, 0.05) is 0 Å². The van der Waals surface area contributed by atoms with Crippen LogP contribution in [0, 0.1) is 0 Å². The molecule has 12 heteroatoms. The predicted octanol–water partition coefficient (Wildman–Crippen LogP) is 7.30. The second kappa shape index (κ2) is 9.60. The van der Waals surface area contributed by atoms with E-state index in [1.807, 2.05) is 23.5 Å². The van der Waals surface area contributed by atoms with Gasteiger partial charge in [-0.05, 0) is 0 Å². The quantitative estimate of drug-likeness (QED) is 0.267. The van der Waals surface area contributed by atoms with Crippen LogP contribution in [0.15, 0.2) is 40.6 Å². The van der Waals surface area contributed by atoms with Gasteiger partial charge < -0.3 is 0 Å². The van der Waals surface area contributed by atoms with Crippen molar-refractivity contribution < 1.29 is 0 Å². The van der Waals surface area contributed by atoms with E-state index < -0.39 is 0 Å². The van der Waals surface area contributed by atoms with Crippen molar-refractivity contribution in [2.75, 3.05) is 0 Å². The Labute approximate surface area is 213 Å². The first-order valence-corrected chi connectivity index (χ1v) is 23.0. The molecule has 5 aliphatic heterocycles. The molecule has 0 saturated carbocycles. The summed E-state index contributed by atoms with van der Waals surface area (Å²) in [6.45, 7) is 0. The van der Waals surface area contributed by atoms with Gasteiger partial charge in [0.1, 0.15) is 0 Å². The molecule has 0 fully saturated rings. The maximum absolute atomic E-state index is 2.36. The number of thioether (sulfide) groups is 8. The third-order valence-electron chi connectivity index (χ3n) is 3.24. The van der Waals surface area contributed by atoms with E-state index in [0.29, 0.717) is 29.9 Å². The molecule has 0 amide bonds. The van der Waals surface area contributed by atoms with E-state index >= 15 is 0 Å². The van der Waals surface area contributed by atoms with Crippen LogP contribution in [0.4, 0.5) is 0 Å². The summed E-state index contributed by atoms with van der Waals surface area (Å²) in [7, 11) is 0. The molecule has 0 radical (unpaired) electrons. The van der Waals surface area contributed by atoms with Crippen molar-refractivity contribution in [2.45, 2.75) is 22.3 Å². The van der Waals surface area contributed by atoms with Crippen LogP contribution in [0.2, 0.25) is 22.3 Å². The van der Waals surface area contributed by atoms with Crippen molar-refractivity contribution in [3.8, 4) is 0 Å². The van der Waals surface area contributed by atoms with Crippen LogP contribution in [-0.4, -0.2) is 59.8 Å². The average molecular weight is 751 g/mol. The summed E-state index contributed by atoms with van der Waals surface area (Å²) < 4.78 is 16.3. The molecular formula is C14H10S8Se4. The molecule has 0 aromatic carbocycles. The van der Waals surface area contributed by atoms with Crippen molar-refractivity contribution in [1.82, 2.24) is 0 Å². The second-order valence-electron chi connectivity index (χ2n) is 4.80. The first kappa shape index (κ1) is 21.4. The average Bonchev–Trinajstić information content (AvgIpc) is 3.39. The molecule has 0 aromatic heterocycles. The second-order valence-corrected chi connectivity index (χ2v) is 24.9. The summed E-state index contributed by atoms with van der Waals surface area (Å²) >= 11 is 19.4. The van der Waals surface area contributed by atoms with E-state index in [4.69, 9.17) is 0 Å². The van der Waals surface area contributed by atoms with E-state index in [1.165, 1.54) is 10.6 Å². The summed E-state index contributed by atoms with van der Waals surface area (Å²) in [4.78, 5) is 0. The standard InChI is InChI=1S/C14H10S8Se4/c1-23-11-12(24-2)20-9(19-11)7-15-5-6(16-7)18-8(17-5)10-21-13-14(22-10)26-4-3-25-13/h3-4H2,1-2H3. The molecule has 0 aliphatic carbocycles. The molecule has 0 aromatic rings. The summed E-state index contributed by atoms with van der Waals surface area (Å²) in [5.74, 6) is 4.72. The van der Waals surface area contributed by atoms with Crippen molar-refractivity contribution >= 4 is 154 Å². The number of rotatable bonds is 2. The van der Waals surface area contributed by atoms with E-state index in [2.05, 4.69) is 82.2 Å². The van der Waals surface area contributed by atoms with Gasteiger partial charge in [-0.15, -0.1) is 0 Å². The Morgan fingerprint density at radius 2 is 0.885 bits per heavy atom. The molecule has 0 N–H and O–H groups in total. The van der Waals surface area contributed by atoms with Gasteiger partial charge in [-0.25, -0.2) is 0 Å². The van der Waals surface area contributed by atoms with Crippen LogP contribution in [0.5, 0.6) is 0 Å². The van der Waals surface area contributed by atoms with Gasteiger partial charge in [0.05, 0.1) is 0 Å². The van der Waals surface area contributed by atoms with Gasteiger partial charge in [0.15, 0.2) is 0 Å². The van der Waals surface area contributed by atoms with Crippen molar-refractivity contribution in [3.63, 3.8) is 0 Å². The van der Waals surface area contributed by atoms with Crippen molar-refractivity contribution in [3.05, 3.63) is 40.6 Å². The minimum atomic E-state index is 0.643.